The molecule has 0 saturated carbocycles. The fourth-order valence-corrected chi connectivity index (χ4v) is 1.26. The number of carbonyl (C=O) groups excluding carboxylic acids is 3. The summed E-state index contributed by atoms with van der Waals surface area (Å²) in [5.74, 6) is 0.351. The fourth-order valence-electron chi connectivity index (χ4n) is 1.26. The van der Waals surface area contributed by atoms with Crippen molar-refractivity contribution < 1.29 is 14.4 Å². The summed E-state index contributed by atoms with van der Waals surface area (Å²) >= 11 is 0. The van der Waals surface area contributed by atoms with Crippen LogP contribution < -0.4 is 16.0 Å². The maximum atomic E-state index is 11.2. The number of ketones is 2. The van der Waals surface area contributed by atoms with Crippen molar-refractivity contribution in [3.8, 4) is 0 Å². The highest BCUT2D eigenvalue weighted by Crippen LogP contribution is 1.92. The van der Waals surface area contributed by atoms with Crippen LogP contribution in [0.25, 0.3) is 0 Å². The lowest BCUT2D eigenvalue weighted by molar-refractivity contribution is -0.126. The van der Waals surface area contributed by atoms with E-state index in [0.29, 0.717) is 12.6 Å². The van der Waals surface area contributed by atoms with Gasteiger partial charge in [-0.2, -0.15) is 0 Å². The van der Waals surface area contributed by atoms with E-state index in [1.54, 1.807) is 0 Å². The molecule has 0 fully saturated rings. The molecular weight excluding hydrogens is 306 g/mol. The van der Waals surface area contributed by atoms with Crippen LogP contribution in [0.3, 0.4) is 0 Å². The number of carbonyl (C=O) groups is 3. The van der Waals surface area contributed by atoms with Crippen molar-refractivity contribution in [1.29, 1.82) is 0 Å². The second-order valence-corrected chi connectivity index (χ2v) is 7.09. The first kappa shape index (κ1) is 25.0. The van der Waals surface area contributed by atoms with Crippen LogP contribution in [-0.4, -0.2) is 49.2 Å². The van der Waals surface area contributed by atoms with Gasteiger partial charge in [0, 0.05) is 23.9 Å². The third-order valence-electron chi connectivity index (χ3n) is 3.10. The summed E-state index contributed by atoms with van der Waals surface area (Å²) in [5, 5.41) is 8.62. The molecule has 0 aromatic carbocycles. The first-order valence-electron chi connectivity index (χ1n) is 8.76. The van der Waals surface area contributed by atoms with Crippen LogP contribution in [0.1, 0.15) is 55.4 Å². The Labute approximate surface area is 147 Å². The maximum Gasteiger partial charge on any atom is 0.234 e. The number of rotatable bonds is 10. The molecular formula is C18H37N3O3. The molecule has 0 aliphatic heterocycles. The third kappa shape index (κ3) is 17.1. The molecule has 0 unspecified atom stereocenters. The van der Waals surface area contributed by atoms with Crippen LogP contribution in [0.15, 0.2) is 0 Å². The van der Waals surface area contributed by atoms with E-state index in [9.17, 15) is 14.4 Å². The Morgan fingerprint density at radius 3 is 1.38 bits per heavy atom. The van der Waals surface area contributed by atoms with Gasteiger partial charge in [-0.15, -0.1) is 0 Å². The highest BCUT2D eigenvalue weighted by molar-refractivity contribution is 5.87. The Morgan fingerprint density at radius 1 is 0.625 bits per heavy atom. The molecule has 3 N–H and O–H groups in total. The van der Waals surface area contributed by atoms with Gasteiger partial charge in [-0.1, -0.05) is 55.4 Å². The normalized spacial score (nSPS) is 10.8. The second kappa shape index (κ2) is 14.1. The van der Waals surface area contributed by atoms with Crippen LogP contribution in [0.2, 0.25) is 0 Å². The van der Waals surface area contributed by atoms with E-state index < -0.39 is 0 Å². The van der Waals surface area contributed by atoms with E-state index in [-0.39, 0.29) is 48.4 Å². The first-order valence-corrected chi connectivity index (χ1v) is 8.76. The van der Waals surface area contributed by atoms with Crippen molar-refractivity contribution >= 4 is 17.5 Å². The minimum atomic E-state index is -0.132. The van der Waals surface area contributed by atoms with Crippen molar-refractivity contribution in [2.24, 2.45) is 11.8 Å². The van der Waals surface area contributed by atoms with E-state index in [4.69, 9.17) is 0 Å². The van der Waals surface area contributed by atoms with Crippen molar-refractivity contribution in [3.05, 3.63) is 0 Å². The van der Waals surface area contributed by atoms with Crippen LogP contribution in [0.4, 0.5) is 0 Å². The summed E-state index contributed by atoms with van der Waals surface area (Å²) in [4.78, 5) is 33.3. The largest absolute Gasteiger partial charge is 0.348 e. The van der Waals surface area contributed by atoms with Crippen LogP contribution >= 0.6 is 0 Å². The number of Topliss-reactive ketones (excluding diaryl/α,β-unsaturated/α-hetero) is 2. The molecule has 0 radical (unpaired) electrons. The van der Waals surface area contributed by atoms with Crippen molar-refractivity contribution in [2.45, 2.75) is 67.5 Å². The monoisotopic (exact) mass is 343 g/mol. The quantitative estimate of drug-likeness (QED) is 0.560. The summed E-state index contributed by atoms with van der Waals surface area (Å²) in [7, 11) is 0. The van der Waals surface area contributed by atoms with Crippen LogP contribution in [-0.2, 0) is 14.4 Å². The van der Waals surface area contributed by atoms with Crippen LogP contribution in [0, 0.1) is 11.8 Å². The molecule has 0 spiro atoms. The molecule has 0 aromatic rings. The lowest BCUT2D eigenvalue weighted by Gasteiger charge is -2.09. The first-order chi connectivity index (χ1) is 11.0. The summed E-state index contributed by atoms with van der Waals surface area (Å²) in [6.07, 6.45) is 0. The van der Waals surface area contributed by atoms with Crippen LogP contribution in [0.5, 0.6) is 0 Å². The molecule has 6 nitrogen and oxygen atoms in total. The van der Waals surface area contributed by atoms with Gasteiger partial charge in [0.25, 0.3) is 0 Å². The Hall–Kier alpha value is -1.27. The topological polar surface area (TPSA) is 87.3 Å². The number of hydrogen-bond donors (Lipinski definition) is 3. The Balaban J connectivity index is 0. The molecule has 0 atom stereocenters. The minimum absolute atomic E-state index is 0.0200. The van der Waals surface area contributed by atoms with Gasteiger partial charge < -0.3 is 16.0 Å². The molecule has 0 aliphatic carbocycles. The lowest BCUT2D eigenvalue weighted by Crippen LogP contribution is -2.39. The minimum Gasteiger partial charge on any atom is -0.348 e. The van der Waals surface area contributed by atoms with Crippen molar-refractivity contribution in [2.75, 3.05) is 19.6 Å². The Morgan fingerprint density at radius 2 is 1.00 bits per heavy atom. The Kier molecular flexibility index (Phi) is 14.7. The lowest BCUT2D eigenvalue weighted by atomic mass is 10.1. The van der Waals surface area contributed by atoms with Gasteiger partial charge in [0.2, 0.25) is 5.91 Å². The van der Waals surface area contributed by atoms with Gasteiger partial charge in [-0.3, -0.25) is 14.4 Å². The van der Waals surface area contributed by atoms with E-state index in [0.717, 1.165) is 0 Å². The van der Waals surface area contributed by atoms with Gasteiger partial charge in [0.05, 0.1) is 19.6 Å². The summed E-state index contributed by atoms with van der Waals surface area (Å²) < 4.78 is 0. The van der Waals surface area contributed by atoms with Gasteiger partial charge >= 0.3 is 0 Å². The van der Waals surface area contributed by atoms with E-state index in [1.165, 1.54) is 0 Å². The summed E-state index contributed by atoms with van der Waals surface area (Å²) in [5.41, 5.74) is 0. The molecule has 0 bridgehead atoms. The smallest absolute Gasteiger partial charge is 0.234 e. The average molecular weight is 344 g/mol. The van der Waals surface area contributed by atoms with Crippen molar-refractivity contribution in [1.82, 2.24) is 16.0 Å². The van der Waals surface area contributed by atoms with Gasteiger partial charge in [-0.05, 0) is 0 Å². The maximum absolute atomic E-state index is 11.2. The fraction of sp³-hybridized carbons (Fsp3) is 0.833. The molecule has 1 amide bonds. The number of amides is 1. The van der Waals surface area contributed by atoms with E-state index in [1.807, 2.05) is 55.4 Å². The molecule has 0 saturated heterocycles. The van der Waals surface area contributed by atoms with Crippen molar-refractivity contribution in [3.63, 3.8) is 0 Å². The molecule has 142 valence electrons. The SMILES string of the molecule is CC(C)NCC(=O)C(C)C.CC(C)NCC(=O)NCC(=O)C(C)C. The standard InChI is InChI=1S/C10H20N2O2.C8H17NO/c1-7(2)9(13)5-12-10(14)6-11-8(3)4;1-6(2)8(10)5-9-7(3)4/h7-8,11H,5-6H2,1-4H3,(H,12,14);6-7,9H,5H2,1-4H3. The molecule has 6 heteroatoms. The molecule has 24 heavy (non-hydrogen) atoms. The summed E-state index contributed by atoms with van der Waals surface area (Å²) in [6, 6.07) is 0.684. The number of nitrogens with one attached hydrogen (secondary N) is 3. The molecule has 0 aliphatic rings. The zero-order valence-electron chi connectivity index (χ0n) is 16.7. The average Bonchev–Trinajstić information content (AvgIpc) is 2.48. The van der Waals surface area contributed by atoms with Gasteiger partial charge in [0.15, 0.2) is 5.78 Å². The van der Waals surface area contributed by atoms with Gasteiger partial charge in [-0.25, -0.2) is 0 Å². The highest BCUT2D eigenvalue weighted by Gasteiger charge is 2.09. The predicted molar refractivity (Wildman–Crippen MR) is 99.0 cm³/mol. The second-order valence-electron chi connectivity index (χ2n) is 7.09. The molecule has 0 heterocycles. The number of hydrogen-bond acceptors (Lipinski definition) is 5. The molecule has 0 aromatic heterocycles. The zero-order chi connectivity index (χ0) is 19.3. The van der Waals surface area contributed by atoms with Gasteiger partial charge in [0.1, 0.15) is 5.78 Å². The van der Waals surface area contributed by atoms with E-state index >= 15 is 0 Å². The third-order valence-corrected chi connectivity index (χ3v) is 3.10. The van der Waals surface area contributed by atoms with E-state index in [2.05, 4.69) is 16.0 Å². The summed E-state index contributed by atoms with van der Waals surface area (Å²) in [6.45, 7) is 16.4. The zero-order valence-corrected chi connectivity index (χ0v) is 16.7. The highest BCUT2D eigenvalue weighted by atomic mass is 16.2. The Bertz CT molecular complexity index is 378. The predicted octanol–water partition coefficient (Wildman–Crippen LogP) is 1.54. The molecule has 0 rings (SSSR count).